The number of aldehydes is 1. The summed E-state index contributed by atoms with van der Waals surface area (Å²) in [6.07, 6.45) is 0.539. The number of rotatable bonds is 6. The summed E-state index contributed by atoms with van der Waals surface area (Å²) in [5.41, 5.74) is 0.793. The van der Waals surface area contributed by atoms with E-state index in [1.807, 2.05) is 0 Å². The summed E-state index contributed by atoms with van der Waals surface area (Å²) in [6.45, 7) is 1.54. The Morgan fingerprint density at radius 1 is 1.15 bits per heavy atom. The highest BCUT2D eigenvalue weighted by Crippen LogP contribution is 2.42. The number of aliphatic imine (C=N–C) groups is 1. The van der Waals surface area contributed by atoms with Crippen molar-refractivity contribution < 1.29 is 33.7 Å². The second kappa shape index (κ2) is 7.99. The molecule has 0 amide bonds. The fraction of sp³-hybridized carbons (Fsp3) is 0.444. The average molecular weight is 363 g/mol. The number of esters is 1. The first-order valence-corrected chi connectivity index (χ1v) is 7.91. The standard InChI is InChI=1S/C18H21NO7/c1-9-14(17(21)22)15(16(18(23)26-4)11(8-20)19-9)10-5-6-12(24-2)13(7-10)25-3/h5-8,11,14-16H,1-4H3,(H,21,22). The minimum atomic E-state index is -1.13. The lowest BCUT2D eigenvalue weighted by Crippen LogP contribution is -2.46. The molecule has 1 heterocycles. The number of nitrogens with zero attached hydrogens (tertiary/aromatic N) is 1. The van der Waals surface area contributed by atoms with Crippen molar-refractivity contribution in [3.63, 3.8) is 0 Å². The van der Waals surface area contributed by atoms with Crippen LogP contribution in [0, 0.1) is 11.8 Å². The van der Waals surface area contributed by atoms with Gasteiger partial charge in [-0.05, 0) is 24.6 Å². The van der Waals surface area contributed by atoms with Crippen LogP contribution >= 0.6 is 0 Å². The van der Waals surface area contributed by atoms with Crippen LogP contribution in [0.1, 0.15) is 18.4 Å². The zero-order valence-electron chi connectivity index (χ0n) is 15.0. The summed E-state index contributed by atoms with van der Waals surface area (Å²) >= 11 is 0. The minimum absolute atomic E-state index is 0.273. The number of aliphatic carboxylic acids is 1. The van der Waals surface area contributed by atoms with Gasteiger partial charge in [0.15, 0.2) is 11.5 Å². The van der Waals surface area contributed by atoms with E-state index in [0.717, 1.165) is 0 Å². The Morgan fingerprint density at radius 2 is 1.81 bits per heavy atom. The Labute approximate surface area is 150 Å². The van der Waals surface area contributed by atoms with Crippen molar-refractivity contribution in [2.45, 2.75) is 18.9 Å². The number of carboxylic acid groups (broad SMARTS) is 1. The van der Waals surface area contributed by atoms with Crippen LogP contribution in [0.5, 0.6) is 11.5 Å². The lowest BCUT2D eigenvalue weighted by Gasteiger charge is -2.36. The van der Waals surface area contributed by atoms with Crippen molar-refractivity contribution in [1.29, 1.82) is 0 Å². The van der Waals surface area contributed by atoms with Crippen LogP contribution in [0.25, 0.3) is 0 Å². The van der Waals surface area contributed by atoms with Gasteiger partial charge in [0.25, 0.3) is 0 Å². The third-order valence-corrected chi connectivity index (χ3v) is 4.59. The highest BCUT2D eigenvalue weighted by atomic mass is 16.5. The fourth-order valence-corrected chi connectivity index (χ4v) is 3.40. The van der Waals surface area contributed by atoms with E-state index >= 15 is 0 Å². The van der Waals surface area contributed by atoms with Crippen LogP contribution in [0.2, 0.25) is 0 Å². The lowest BCUT2D eigenvalue weighted by molar-refractivity contribution is -0.150. The van der Waals surface area contributed by atoms with Crippen molar-refractivity contribution in [2.24, 2.45) is 16.8 Å². The van der Waals surface area contributed by atoms with E-state index < -0.39 is 35.7 Å². The fourth-order valence-electron chi connectivity index (χ4n) is 3.40. The minimum Gasteiger partial charge on any atom is -0.493 e. The maximum absolute atomic E-state index is 12.4. The van der Waals surface area contributed by atoms with E-state index in [0.29, 0.717) is 23.3 Å². The van der Waals surface area contributed by atoms with Crippen molar-refractivity contribution in [2.75, 3.05) is 21.3 Å². The number of carbonyl (C=O) groups excluding carboxylic acids is 2. The molecule has 0 radical (unpaired) electrons. The number of hydrogen-bond donors (Lipinski definition) is 1. The molecule has 1 aliphatic heterocycles. The van der Waals surface area contributed by atoms with Crippen molar-refractivity contribution in [3.05, 3.63) is 23.8 Å². The zero-order chi connectivity index (χ0) is 19.4. The third kappa shape index (κ3) is 3.40. The van der Waals surface area contributed by atoms with Crippen LogP contribution in [0.3, 0.4) is 0 Å². The van der Waals surface area contributed by atoms with Gasteiger partial charge in [0.05, 0.1) is 27.2 Å². The van der Waals surface area contributed by atoms with Gasteiger partial charge in [-0.1, -0.05) is 6.07 Å². The maximum atomic E-state index is 12.4. The first kappa shape index (κ1) is 19.4. The Balaban J connectivity index is 2.68. The molecular formula is C18H21NO7. The van der Waals surface area contributed by atoms with Gasteiger partial charge in [-0.3, -0.25) is 14.6 Å². The predicted octanol–water partition coefficient (Wildman–Crippen LogP) is 1.32. The van der Waals surface area contributed by atoms with E-state index in [1.165, 1.54) is 28.3 Å². The van der Waals surface area contributed by atoms with Crippen molar-refractivity contribution in [1.82, 2.24) is 0 Å². The first-order chi connectivity index (χ1) is 12.4. The summed E-state index contributed by atoms with van der Waals surface area (Å²) in [5, 5.41) is 9.72. The monoisotopic (exact) mass is 363 g/mol. The highest BCUT2D eigenvalue weighted by Gasteiger charge is 2.48. The molecule has 0 saturated heterocycles. The number of ether oxygens (including phenoxy) is 3. The van der Waals surface area contributed by atoms with Crippen molar-refractivity contribution >= 4 is 23.9 Å². The van der Waals surface area contributed by atoms with Crippen LogP contribution < -0.4 is 9.47 Å². The van der Waals surface area contributed by atoms with Crippen LogP contribution in [0.15, 0.2) is 23.2 Å². The Morgan fingerprint density at radius 3 is 2.31 bits per heavy atom. The molecular weight excluding hydrogens is 342 g/mol. The molecule has 0 aliphatic carbocycles. The molecule has 0 bridgehead atoms. The SMILES string of the molecule is COC(=O)C1C(C=O)N=C(C)C(C(=O)O)C1c1ccc(OC)c(OC)c1. The third-order valence-electron chi connectivity index (χ3n) is 4.59. The number of methoxy groups -OCH3 is 3. The number of hydrogen-bond acceptors (Lipinski definition) is 7. The van der Waals surface area contributed by atoms with Gasteiger partial charge in [0.1, 0.15) is 18.2 Å². The molecule has 4 atom stereocenters. The summed E-state index contributed by atoms with van der Waals surface area (Å²) in [5.74, 6) is -3.94. The second-order valence-corrected chi connectivity index (χ2v) is 5.90. The van der Waals surface area contributed by atoms with Gasteiger partial charge in [0, 0.05) is 11.6 Å². The molecule has 2 rings (SSSR count). The first-order valence-electron chi connectivity index (χ1n) is 7.91. The van der Waals surface area contributed by atoms with E-state index in [1.54, 1.807) is 18.2 Å². The molecule has 0 fully saturated rings. The molecule has 140 valence electrons. The Hall–Kier alpha value is -2.90. The molecule has 8 nitrogen and oxygen atoms in total. The van der Waals surface area contributed by atoms with Gasteiger partial charge in [-0.15, -0.1) is 0 Å². The van der Waals surface area contributed by atoms with E-state index in [-0.39, 0.29) is 5.71 Å². The highest BCUT2D eigenvalue weighted by molar-refractivity contribution is 6.04. The normalized spacial score (nSPS) is 25.0. The summed E-state index contributed by atoms with van der Waals surface area (Å²) < 4.78 is 15.3. The number of carbonyl (C=O) groups is 3. The van der Waals surface area contributed by atoms with Gasteiger partial charge in [0.2, 0.25) is 0 Å². The molecule has 1 aromatic carbocycles. The smallest absolute Gasteiger partial charge is 0.312 e. The maximum Gasteiger partial charge on any atom is 0.312 e. The van der Waals surface area contributed by atoms with E-state index in [9.17, 15) is 19.5 Å². The quantitative estimate of drug-likeness (QED) is 0.599. The topological polar surface area (TPSA) is 111 Å². The Kier molecular flexibility index (Phi) is 5.97. The molecule has 1 N–H and O–H groups in total. The molecule has 8 heteroatoms. The summed E-state index contributed by atoms with van der Waals surface area (Å²) in [4.78, 5) is 39.9. The van der Waals surface area contributed by atoms with E-state index in [2.05, 4.69) is 4.99 Å². The zero-order valence-corrected chi connectivity index (χ0v) is 15.0. The van der Waals surface area contributed by atoms with E-state index in [4.69, 9.17) is 14.2 Å². The Bertz CT molecular complexity index is 743. The largest absolute Gasteiger partial charge is 0.493 e. The molecule has 1 aromatic rings. The average Bonchev–Trinajstić information content (AvgIpc) is 2.65. The van der Waals surface area contributed by atoms with Crippen LogP contribution in [-0.2, 0) is 19.1 Å². The summed E-state index contributed by atoms with van der Waals surface area (Å²) in [6, 6.07) is 3.86. The van der Waals surface area contributed by atoms with Crippen LogP contribution in [-0.4, -0.2) is 56.4 Å². The second-order valence-electron chi connectivity index (χ2n) is 5.90. The van der Waals surface area contributed by atoms with Gasteiger partial charge in [-0.2, -0.15) is 0 Å². The molecule has 26 heavy (non-hydrogen) atoms. The van der Waals surface area contributed by atoms with Gasteiger partial charge < -0.3 is 24.1 Å². The van der Waals surface area contributed by atoms with Crippen molar-refractivity contribution in [3.8, 4) is 11.5 Å². The molecule has 0 spiro atoms. The summed E-state index contributed by atoms with van der Waals surface area (Å²) in [7, 11) is 4.13. The number of carboxylic acids is 1. The molecule has 0 aromatic heterocycles. The number of benzene rings is 1. The molecule has 4 unspecified atom stereocenters. The van der Waals surface area contributed by atoms with Crippen LogP contribution in [0.4, 0.5) is 0 Å². The molecule has 0 saturated carbocycles. The predicted molar refractivity (Wildman–Crippen MR) is 91.9 cm³/mol. The lowest BCUT2D eigenvalue weighted by atomic mass is 9.70. The van der Waals surface area contributed by atoms with Gasteiger partial charge in [-0.25, -0.2) is 0 Å². The van der Waals surface area contributed by atoms with Gasteiger partial charge >= 0.3 is 11.9 Å². The molecule has 1 aliphatic rings.